The first-order valence-corrected chi connectivity index (χ1v) is 12.4. The van der Waals surface area contributed by atoms with Gasteiger partial charge in [0.25, 0.3) is 0 Å². The number of nitrogens with zero attached hydrogens (tertiary/aromatic N) is 2. The van der Waals surface area contributed by atoms with Crippen molar-refractivity contribution in [3.8, 4) is 5.75 Å². The van der Waals surface area contributed by atoms with Crippen LogP contribution in [0.1, 0.15) is 37.3 Å². The molecule has 1 aliphatic heterocycles. The fourth-order valence-electron chi connectivity index (χ4n) is 3.88. The maximum absolute atomic E-state index is 13.4. The summed E-state index contributed by atoms with van der Waals surface area (Å²) in [6, 6.07) is 9.35. The predicted octanol–water partition coefficient (Wildman–Crippen LogP) is 4.01. The zero-order valence-electron chi connectivity index (χ0n) is 19.0. The number of carbonyl (C=O) groups is 1. The smallest absolute Gasteiger partial charge is 0.237 e. The third-order valence-corrected chi connectivity index (χ3v) is 6.91. The average molecular weight is 481 g/mol. The Balaban J connectivity index is 1.70. The summed E-state index contributed by atoms with van der Waals surface area (Å²) in [5.74, 6) is 0.774. The molecule has 0 fully saturated rings. The van der Waals surface area contributed by atoms with Gasteiger partial charge in [0.05, 0.1) is 25.3 Å². The van der Waals surface area contributed by atoms with E-state index in [9.17, 15) is 9.90 Å². The minimum absolute atomic E-state index is 0.0452. The number of fused-ring (bicyclic) bond motifs is 1. The number of thiophene rings is 1. The molecule has 0 radical (unpaired) electrons. The lowest BCUT2D eigenvalue weighted by molar-refractivity contribution is -0.137. The van der Waals surface area contributed by atoms with Gasteiger partial charge in [-0.3, -0.25) is 9.69 Å². The van der Waals surface area contributed by atoms with Crippen molar-refractivity contribution in [2.75, 3.05) is 39.5 Å². The molecule has 2 aromatic rings. The molecule has 3 rings (SSSR count). The van der Waals surface area contributed by atoms with Gasteiger partial charge in [0.15, 0.2) is 0 Å². The molecule has 2 unspecified atom stereocenters. The van der Waals surface area contributed by atoms with E-state index in [2.05, 4.69) is 11.4 Å². The van der Waals surface area contributed by atoms with Crippen LogP contribution in [0.15, 0.2) is 35.7 Å². The van der Waals surface area contributed by atoms with E-state index in [1.165, 1.54) is 4.88 Å². The van der Waals surface area contributed by atoms with Crippen LogP contribution in [0.25, 0.3) is 0 Å². The molecule has 8 heteroatoms. The second-order valence-corrected chi connectivity index (χ2v) is 9.69. The highest BCUT2D eigenvalue weighted by Gasteiger charge is 2.33. The Labute approximate surface area is 199 Å². The third kappa shape index (κ3) is 6.68. The summed E-state index contributed by atoms with van der Waals surface area (Å²) in [5, 5.41) is 13.0. The number of rotatable bonds is 11. The summed E-state index contributed by atoms with van der Waals surface area (Å²) in [4.78, 5) is 18.7. The van der Waals surface area contributed by atoms with Gasteiger partial charge in [0, 0.05) is 35.6 Å². The van der Waals surface area contributed by atoms with Crippen molar-refractivity contribution < 1.29 is 19.4 Å². The highest BCUT2D eigenvalue weighted by atomic mass is 35.5. The van der Waals surface area contributed by atoms with Crippen molar-refractivity contribution >= 4 is 28.8 Å². The summed E-state index contributed by atoms with van der Waals surface area (Å²) in [6.07, 6.45) is 0.226. The third-order valence-electron chi connectivity index (χ3n) is 5.66. The van der Waals surface area contributed by atoms with E-state index in [1.54, 1.807) is 23.5 Å². The van der Waals surface area contributed by atoms with Gasteiger partial charge in [-0.25, -0.2) is 0 Å². The van der Waals surface area contributed by atoms with E-state index >= 15 is 0 Å². The maximum atomic E-state index is 13.4. The van der Waals surface area contributed by atoms with Gasteiger partial charge in [-0.15, -0.1) is 11.3 Å². The number of hydrogen-bond acceptors (Lipinski definition) is 6. The molecule has 1 aromatic heterocycles. The molecule has 1 aliphatic rings. The Kier molecular flexibility index (Phi) is 9.37. The van der Waals surface area contributed by atoms with E-state index in [4.69, 9.17) is 21.1 Å². The average Bonchev–Trinajstić information content (AvgIpc) is 3.25. The molecule has 6 nitrogen and oxygen atoms in total. The Morgan fingerprint density at radius 3 is 2.75 bits per heavy atom. The molecule has 0 bridgehead atoms. The Morgan fingerprint density at radius 1 is 1.31 bits per heavy atom. The standard InChI is InChI=1S/C24H33ClN2O4S/c1-4-30-15-19(28)13-26(17(2)3)14-24(29)27-11-9-23-21(10-12-32-23)22(27)16-31-20-7-5-18(25)6-8-20/h5-8,10,12,17,19,22,28H,4,9,11,13-16H2,1-3H3. The summed E-state index contributed by atoms with van der Waals surface area (Å²) in [7, 11) is 0. The SMILES string of the molecule is CCOCC(O)CN(CC(=O)N1CCc2sccc2C1COc1ccc(Cl)cc1)C(C)C. The molecule has 176 valence electrons. The van der Waals surface area contributed by atoms with E-state index in [1.807, 2.05) is 42.7 Å². The molecule has 1 N–H and O–H groups in total. The highest BCUT2D eigenvalue weighted by Crippen LogP contribution is 2.34. The number of hydrogen-bond donors (Lipinski definition) is 1. The van der Waals surface area contributed by atoms with Gasteiger partial charge in [-0.05, 0) is 68.5 Å². The fourth-order valence-corrected chi connectivity index (χ4v) is 4.93. The lowest BCUT2D eigenvalue weighted by atomic mass is 10.00. The monoisotopic (exact) mass is 480 g/mol. The molecule has 2 atom stereocenters. The maximum Gasteiger partial charge on any atom is 0.237 e. The second kappa shape index (κ2) is 12.0. The largest absolute Gasteiger partial charge is 0.491 e. The van der Waals surface area contributed by atoms with Crippen LogP contribution in [-0.4, -0.2) is 72.4 Å². The summed E-state index contributed by atoms with van der Waals surface area (Å²) in [5.41, 5.74) is 1.16. The first-order chi connectivity index (χ1) is 15.4. The minimum atomic E-state index is -0.626. The van der Waals surface area contributed by atoms with E-state index in [-0.39, 0.29) is 31.1 Å². The summed E-state index contributed by atoms with van der Waals surface area (Å²) < 4.78 is 11.4. The van der Waals surface area contributed by atoms with E-state index in [0.717, 1.165) is 17.7 Å². The molecule has 1 amide bonds. The second-order valence-electron chi connectivity index (χ2n) is 8.25. The number of carbonyl (C=O) groups excluding carboxylic acids is 1. The van der Waals surface area contributed by atoms with Crippen LogP contribution in [0.3, 0.4) is 0 Å². The minimum Gasteiger partial charge on any atom is -0.491 e. The molecule has 2 heterocycles. The molecule has 0 spiro atoms. The van der Waals surface area contributed by atoms with Crippen molar-refractivity contribution in [3.63, 3.8) is 0 Å². The van der Waals surface area contributed by atoms with Crippen LogP contribution < -0.4 is 4.74 Å². The number of aliphatic hydroxyl groups excluding tert-OH is 1. The Bertz CT molecular complexity index is 858. The molecule has 0 saturated heterocycles. The van der Waals surface area contributed by atoms with Crippen LogP contribution in [0.2, 0.25) is 5.02 Å². The van der Waals surface area contributed by atoms with Crippen molar-refractivity contribution in [2.24, 2.45) is 0 Å². The predicted molar refractivity (Wildman–Crippen MR) is 129 cm³/mol. The first-order valence-electron chi connectivity index (χ1n) is 11.1. The van der Waals surface area contributed by atoms with Crippen LogP contribution in [0.4, 0.5) is 0 Å². The quantitative estimate of drug-likeness (QED) is 0.526. The Morgan fingerprint density at radius 2 is 2.06 bits per heavy atom. The van der Waals surface area contributed by atoms with Gasteiger partial charge < -0.3 is 19.5 Å². The van der Waals surface area contributed by atoms with Crippen molar-refractivity contribution in [1.82, 2.24) is 9.80 Å². The topological polar surface area (TPSA) is 62.2 Å². The number of amides is 1. The molecule has 1 aromatic carbocycles. The first kappa shape index (κ1) is 25.0. The number of aliphatic hydroxyl groups is 1. The summed E-state index contributed by atoms with van der Waals surface area (Å²) in [6.45, 7) is 8.49. The molecule has 0 saturated carbocycles. The zero-order valence-corrected chi connectivity index (χ0v) is 20.6. The van der Waals surface area contributed by atoms with Gasteiger partial charge in [0.1, 0.15) is 12.4 Å². The summed E-state index contributed by atoms with van der Waals surface area (Å²) >= 11 is 7.71. The van der Waals surface area contributed by atoms with Crippen molar-refractivity contribution in [2.45, 2.75) is 45.4 Å². The molecule has 0 aliphatic carbocycles. The van der Waals surface area contributed by atoms with Crippen molar-refractivity contribution in [1.29, 1.82) is 0 Å². The number of ether oxygens (including phenoxy) is 2. The number of halogens is 1. The molecule has 32 heavy (non-hydrogen) atoms. The normalized spacial score (nSPS) is 17.0. The van der Waals surface area contributed by atoms with Crippen LogP contribution >= 0.6 is 22.9 Å². The molecular formula is C24H33ClN2O4S. The lowest BCUT2D eigenvalue weighted by Gasteiger charge is -2.38. The molecular weight excluding hydrogens is 448 g/mol. The van der Waals surface area contributed by atoms with Crippen LogP contribution in [0.5, 0.6) is 5.75 Å². The lowest BCUT2D eigenvalue weighted by Crippen LogP contribution is -2.49. The fraction of sp³-hybridized carbons (Fsp3) is 0.542. The van der Waals surface area contributed by atoms with Crippen molar-refractivity contribution in [3.05, 3.63) is 51.2 Å². The van der Waals surface area contributed by atoms with Gasteiger partial charge in [0.2, 0.25) is 5.91 Å². The van der Waals surface area contributed by atoms with Gasteiger partial charge in [-0.1, -0.05) is 11.6 Å². The van der Waals surface area contributed by atoms with Gasteiger partial charge >= 0.3 is 0 Å². The van der Waals surface area contributed by atoms with Crippen LogP contribution in [0, 0.1) is 0 Å². The highest BCUT2D eigenvalue weighted by molar-refractivity contribution is 7.10. The number of benzene rings is 1. The zero-order chi connectivity index (χ0) is 23.1. The van der Waals surface area contributed by atoms with Crippen LogP contribution in [-0.2, 0) is 16.0 Å². The Hall–Kier alpha value is -1.64. The van der Waals surface area contributed by atoms with Gasteiger partial charge in [-0.2, -0.15) is 0 Å². The van der Waals surface area contributed by atoms with E-state index < -0.39 is 6.10 Å². The van der Waals surface area contributed by atoms with E-state index in [0.29, 0.717) is 31.3 Å².